The third-order valence-corrected chi connectivity index (χ3v) is 2.05. The van der Waals surface area contributed by atoms with Crippen molar-refractivity contribution in [3.8, 4) is 5.75 Å². The highest BCUT2D eigenvalue weighted by Gasteiger charge is 2.17. The molecule has 0 fully saturated rings. The van der Waals surface area contributed by atoms with Gasteiger partial charge in [0.15, 0.2) is 6.29 Å². The van der Waals surface area contributed by atoms with Crippen molar-refractivity contribution in [3.05, 3.63) is 28.8 Å². The molecule has 0 atom stereocenters. The Morgan fingerprint density at radius 3 is 3.00 bits per heavy atom. The molecule has 0 saturated carbocycles. The molecule has 1 heterocycles. The van der Waals surface area contributed by atoms with E-state index in [9.17, 15) is 9.90 Å². The number of ether oxygens (including phenoxy) is 1. The quantitative estimate of drug-likeness (QED) is 0.635. The highest BCUT2D eigenvalue weighted by atomic mass is 16.5. The summed E-state index contributed by atoms with van der Waals surface area (Å²) >= 11 is 0. The normalized spacial score (nSPS) is 14.3. The Hall–Kier alpha value is -1.35. The lowest BCUT2D eigenvalue weighted by Crippen LogP contribution is -1.91. The minimum Gasteiger partial charge on any atom is -0.507 e. The molecule has 0 aliphatic carbocycles. The van der Waals surface area contributed by atoms with Crippen LogP contribution in [0.1, 0.15) is 21.5 Å². The average molecular weight is 164 g/mol. The summed E-state index contributed by atoms with van der Waals surface area (Å²) in [4.78, 5) is 10.6. The lowest BCUT2D eigenvalue weighted by molar-refractivity contribution is 0.111. The minimum atomic E-state index is 0.0363. The monoisotopic (exact) mass is 164 g/mol. The van der Waals surface area contributed by atoms with Crippen LogP contribution in [-0.2, 0) is 18.0 Å². The second-order valence-electron chi connectivity index (χ2n) is 2.75. The van der Waals surface area contributed by atoms with Crippen LogP contribution >= 0.6 is 0 Å². The number of benzene rings is 1. The Bertz CT molecular complexity index is 331. The zero-order valence-corrected chi connectivity index (χ0v) is 6.41. The summed E-state index contributed by atoms with van der Waals surface area (Å²) in [6, 6.07) is 3.31. The number of carbonyl (C=O) groups excluding carboxylic acids is 1. The van der Waals surface area contributed by atoms with E-state index in [1.54, 1.807) is 6.07 Å². The van der Waals surface area contributed by atoms with Gasteiger partial charge in [-0.25, -0.2) is 0 Å². The summed E-state index contributed by atoms with van der Waals surface area (Å²) in [5.74, 6) is 0.0363. The Balaban J connectivity index is 2.65. The smallest absolute Gasteiger partial charge is 0.154 e. The standard InChI is InChI=1S/C9H8O3/c10-3-7-8-5-12-4-6(8)1-2-9(7)11/h1-3,11H,4-5H2. The molecule has 1 aliphatic heterocycles. The molecular formula is C9H8O3. The lowest BCUT2D eigenvalue weighted by atomic mass is 10.0. The molecule has 62 valence electrons. The summed E-state index contributed by atoms with van der Waals surface area (Å²) in [5, 5.41) is 9.29. The molecule has 0 radical (unpaired) electrons. The molecule has 3 nitrogen and oxygen atoms in total. The van der Waals surface area contributed by atoms with Crippen LogP contribution in [0.25, 0.3) is 0 Å². The summed E-state index contributed by atoms with van der Waals surface area (Å²) in [6.45, 7) is 0.967. The predicted molar refractivity (Wildman–Crippen MR) is 42.0 cm³/mol. The summed E-state index contributed by atoms with van der Waals surface area (Å²) < 4.78 is 5.14. The molecule has 0 amide bonds. The molecular weight excluding hydrogens is 156 g/mol. The van der Waals surface area contributed by atoms with Crippen molar-refractivity contribution in [2.45, 2.75) is 13.2 Å². The summed E-state index contributed by atoms with van der Waals surface area (Å²) in [7, 11) is 0. The number of hydrogen-bond donors (Lipinski definition) is 1. The molecule has 1 N–H and O–H groups in total. The average Bonchev–Trinajstić information content (AvgIpc) is 2.52. The van der Waals surface area contributed by atoms with Gasteiger partial charge in [-0.15, -0.1) is 0 Å². The van der Waals surface area contributed by atoms with Gasteiger partial charge in [-0.1, -0.05) is 6.07 Å². The van der Waals surface area contributed by atoms with Gasteiger partial charge in [0.05, 0.1) is 18.8 Å². The zero-order chi connectivity index (χ0) is 8.55. The van der Waals surface area contributed by atoms with E-state index in [4.69, 9.17) is 4.74 Å². The van der Waals surface area contributed by atoms with Gasteiger partial charge < -0.3 is 9.84 Å². The number of aromatic hydroxyl groups is 1. The molecule has 0 spiro atoms. The van der Waals surface area contributed by atoms with Crippen molar-refractivity contribution in [1.82, 2.24) is 0 Å². The van der Waals surface area contributed by atoms with Crippen LogP contribution in [0.3, 0.4) is 0 Å². The van der Waals surface area contributed by atoms with Gasteiger partial charge in [-0.05, 0) is 17.2 Å². The van der Waals surface area contributed by atoms with E-state index in [2.05, 4.69) is 0 Å². The number of phenols is 1. The Kier molecular flexibility index (Phi) is 1.59. The number of rotatable bonds is 1. The highest BCUT2D eigenvalue weighted by Crippen LogP contribution is 2.28. The second-order valence-corrected chi connectivity index (χ2v) is 2.75. The van der Waals surface area contributed by atoms with Crippen molar-refractivity contribution in [3.63, 3.8) is 0 Å². The van der Waals surface area contributed by atoms with Gasteiger partial charge in [-0.2, -0.15) is 0 Å². The largest absolute Gasteiger partial charge is 0.507 e. The van der Waals surface area contributed by atoms with Gasteiger partial charge >= 0.3 is 0 Å². The van der Waals surface area contributed by atoms with Crippen LogP contribution in [0.4, 0.5) is 0 Å². The molecule has 12 heavy (non-hydrogen) atoms. The molecule has 1 aliphatic rings. The molecule has 1 aromatic carbocycles. The van der Waals surface area contributed by atoms with Crippen LogP contribution in [0, 0.1) is 0 Å². The number of phenolic OH excluding ortho intramolecular Hbond substituents is 1. The molecule has 0 saturated heterocycles. The summed E-state index contributed by atoms with van der Waals surface area (Å²) in [6.07, 6.45) is 0.669. The van der Waals surface area contributed by atoms with E-state index in [1.807, 2.05) is 0 Å². The fourth-order valence-electron chi connectivity index (χ4n) is 1.40. The first-order chi connectivity index (χ1) is 5.83. The van der Waals surface area contributed by atoms with Crippen LogP contribution < -0.4 is 0 Å². The summed E-state index contributed by atoms with van der Waals surface area (Å²) in [5.41, 5.74) is 2.19. The predicted octanol–water partition coefficient (Wildman–Crippen LogP) is 1.23. The minimum absolute atomic E-state index is 0.0363. The molecule has 2 rings (SSSR count). The van der Waals surface area contributed by atoms with Crippen LogP contribution in [-0.4, -0.2) is 11.4 Å². The molecule has 0 unspecified atom stereocenters. The van der Waals surface area contributed by atoms with E-state index in [0.29, 0.717) is 25.1 Å². The maximum Gasteiger partial charge on any atom is 0.154 e. The van der Waals surface area contributed by atoms with Gasteiger partial charge in [0, 0.05) is 0 Å². The number of aldehydes is 1. The third kappa shape index (κ3) is 0.905. The fourth-order valence-corrected chi connectivity index (χ4v) is 1.40. The van der Waals surface area contributed by atoms with Crippen LogP contribution in [0.5, 0.6) is 5.75 Å². The molecule has 0 aromatic heterocycles. The van der Waals surface area contributed by atoms with Gasteiger partial charge in [0.1, 0.15) is 5.75 Å². The molecule has 3 heteroatoms. The first kappa shape index (κ1) is 7.31. The lowest BCUT2D eigenvalue weighted by Gasteiger charge is -2.01. The topological polar surface area (TPSA) is 46.5 Å². The first-order valence-corrected chi connectivity index (χ1v) is 3.69. The highest BCUT2D eigenvalue weighted by molar-refractivity contribution is 5.82. The van der Waals surface area contributed by atoms with Crippen molar-refractivity contribution in [2.24, 2.45) is 0 Å². The number of hydrogen-bond acceptors (Lipinski definition) is 3. The maximum absolute atomic E-state index is 10.6. The number of carbonyl (C=O) groups is 1. The molecule has 1 aromatic rings. The van der Waals surface area contributed by atoms with Crippen LogP contribution in [0.2, 0.25) is 0 Å². The van der Waals surface area contributed by atoms with Crippen LogP contribution in [0.15, 0.2) is 12.1 Å². The van der Waals surface area contributed by atoms with E-state index in [0.717, 1.165) is 11.1 Å². The van der Waals surface area contributed by atoms with Crippen molar-refractivity contribution < 1.29 is 14.6 Å². The Morgan fingerprint density at radius 2 is 2.25 bits per heavy atom. The van der Waals surface area contributed by atoms with E-state index >= 15 is 0 Å². The van der Waals surface area contributed by atoms with E-state index in [-0.39, 0.29) is 5.75 Å². The van der Waals surface area contributed by atoms with Gasteiger partial charge in [0.2, 0.25) is 0 Å². The maximum atomic E-state index is 10.6. The Morgan fingerprint density at radius 1 is 1.42 bits per heavy atom. The van der Waals surface area contributed by atoms with Gasteiger partial charge in [0.25, 0.3) is 0 Å². The van der Waals surface area contributed by atoms with Crippen molar-refractivity contribution in [2.75, 3.05) is 0 Å². The Labute approximate surface area is 69.6 Å². The SMILES string of the molecule is O=Cc1c(O)ccc2c1COC2. The second kappa shape index (κ2) is 2.60. The zero-order valence-electron chi connectivity index (χ0n) is 6.41. The van der Waals surface area contributed by atoms with Crippen molar-refractivity contribution in [1.29, 1.82) is 0 Å². The first-order valence-electron chi connectivity index (χ1n) is 3.69. The van der Waals surface area contributed by atoms with E-state index < -0.39 is 0 Å². The third-order valence-electron chi connectivity index (χ3n) is 2.05. The van der Waals surface area contributed by atoms with Crippen molar-refractivity contribution >= 4 is 6.29 Å². The fraction of sp³-hybridized carbons (Fsp3) is 0.222. The number of fused-ring (bicyclic) bond motifs is 1. The van der Waals surface area contributed by atoms with Gasteiger partial charge in [-0.3, -0.25) is 4.79 Å². The molecule has 0 bridgehead atoms. The van der Waals surface area contributed by atoms with E-state index in [1.165, 1.54) is 6.07 Å².